The fraction of sp³-hybridized carbons (Fsp3) is 0.857. The molecule has 1 unspecified atom stereocenters. The van der Waals surface area contributed by atoms with Crippen molar-refractivity contribution in [3.05, 3.63) is 4.77 Å². The molecule has 0 amide bonds. The average Bonchev–Trinajstić information content (AvgIpc) is 2.43. The van der Waals surface area contributed by atoms with Gasteiger partial charge in [0.15, 0.2) is 0 Å². The van der Waals surface area contributed by atoms with Gasteiger partial charge < -0.3 is 0 Å². The van der Waals surface area contributed by atoms with E-state index in [1.807, 2.05) is 0 Å². The maximum Gasteiger partial charge on any atom is 0.238 e. The first-order chi connectivity index (χ1) is 6.64. The van der Waals surface area contributed by atoms with E-state index in [1.54, 1.807) is 10.9 Å². The summed E-state index contributed by atoms with van der Waals surface area (Å²) in [6.45, 7) is 0.641. The molecule has 0 bridgehead atoms. The molecule has 14 heavy (non-hydrogen) atoms. The highest BCUT2D eigenvalue weighted by Gasteiger charge is 2.41. The summed E-state index contributed by atoms with van der Waals surface area (Å²) in [7, 11) is -0.818. The summed E-state index contributed by atoms with van der Waals surface area (Å²) in [6, 6.07) is 0. The van der Waals surface area contributed by atoms with Crippen molar-refractivity contribution in [3.63, 3.8) is 0 Å². The van der Waals surface area contributed by atoms with Crippen LogP contribution < -0.4 is 0 Å². The molecule has 0 radical (unpaired) electrons. The van der Waals surface area contributed by atoms with Crippen molar-refractivity contribution in [3.8, 4) is 0 Å². The molecule has 1 fully saturated rings. The Bertz CT molecular complexity index is 406. The van der Waals surface area contributed by atoms with Crippen molar-refractivity contribution < 1.29 is 4.21 Å². The van der Waals surface area contributed by atoms with Gasteiger partial charge in [-0.2, -0.15) is 5.21 Å². The van der Waals surface area contributed by atoms with Crippen molar-refractivity contribution in [1.29, 1.82) is 0 Å². The maximum absolute atomic E-state index is 11.6. The van der Waals surface area contributed by atoms with E-state index in [1.165, 1.54) is 0 Å². The highest BCUT2D eigenvalue weighted by Crippen LogP contribution is 2.38. The van der Waals surface area contributed by atoms with Gasteiger partial charge in [-0.1, -0.05) is 16.7 Å². The van der Waals surface area contributed by atoms with E-state index in [2.05, 4.69) is 15.5 Å². The molecule has 0 aromatic carbocycles. The van der Waals surface area contributed by atoms with Gasteiger partial charge in [0.1, 0.15) is 0 Å². The summed E-state index contributed by atoms with van der Waals surface area (Å²) >= 11 is 4.97. The van der Waals surface area contributed by atoms with Crippen LogP contribution in [0.15, 0.2) is 0 Å². The number of H-pyrrole nitrogens is 1. The number of rotatable bonds is 3. The molecule has 1 aromatic rings. The number of hydrogen-bond acceptors (Lipinski definition) is 4. The zero-order chi connectivity index (χ0) is 10.2. The van der Waals surface area contributed by atoms with Crippen LogP contribution in [0.5, 0.6) is 0 Å². The summed E-state index contributed by atoms with van der Waals surface area (Å²) < 4.78 is 13.6. The molecule has 1 aliphatic carbocycles. The summed E-state index contributed by atoms with van der Waals surface area (Å²) in [5.74, 6) is 0. The van der Waals surface area contributed by atoms with Gasteiger partial charge in [-0.05, 0) is 25.1 Å². The molecule has 1 aliphatic rings. The van der Waals surface area contributed by atoms with Gasteiger partial charge in [0, 0.05) is 17.1 Å². The van der Waals surface area contributed by atoms with Gasteiger partial charge in [-0.3, -0.25) is 4.21 Å². The van der Waals surface area contributed by atoms with Crippen LogP contribution in [0.25, 0.3) is 0 Å². The van der Waals surface area contributed by atoms with Gasteiger partial charge in [0.25, 0.3) is 0 Å². The lowest BCUT2D eigenvalue weighted by molar-refractivity contribution is 0.297. The Kier molecular flexibility index (Phi) is 2.52. The van der Waals surface area contributed by atoms with Crippen molar-refractivity contribution in [2.75, 3.05) is 6.26 Å². The largest absolute Gasteiger partial charge is 0.259 e. The van der Waals surface area contributed by atoms with Crippen molar-refractivity contribution in [2.24, 2.45) is 0 Å². The SMILES string of the molecule is CS(=O)C1(Cn2[nH]nnc2=S)CCC1. The van der Waals surface area contributed by atoms with Gasteiger partial charge in [-0.15, -0.1) is 0 Å². The van der Waals surface area contributed by atoms with Crippen LogP contribution in [0.1, 0.15) is 19.3 Å². The zero-order valence-corrected chi connectivity index (χ0v) is 9.53. The summed E-state index contributed by atoms with van der Waals surface area (Å²) in [5, 5.41) is 10.0. The Balaban J connectivity index is 2.21. The molecule has 0 saturated heterocycles. The topological polar surface area (TPSA) is 63.6 Å². The van der Waals surface area contributed by atoms with E-state index in [-0.39, 0.29) is 4.75 Å². The Morgan fingerprint density at radius 1 is 1.71 bits per heavy atom. The van der Waals surface area contributed by atoms with Crippen molar-refractivity contribution in [2.45, 2.75) is 30.6 Å². The molecule has 0 spiro atoms. The third-order valence-corrected chi connectivity index (χ3v) is 4.91. The van der Waals surface area contributed by atoms with Crippen LogP contribution in [0.4, 0.5) is 0 Å². The van der Waals surface area contributed by atoms with Gasteiger partial charge >= 0.3 is 0 Å². The molecule has 7 heteroatoms. The first-order valence-electron chi connectivity index (χ1n) is 4.45. The van der Waals surface area contributed by atoms with E-state index in [9.17, 15) is 4.21 Å². The fourth-order valence-electron chi connectivity index (χ4n) is 1.71. The monoisotopic (exact) mass is 232 g/mol. The fourth-order valence-corrected chi connectivity index (χ4v) is 3.04. The first-order valence-corrected chi connectivity index (χ1v) is 6.42. The van der Waals surface area contributed by atoms with Gasteiger partial charge in [0.05, 0.1) is 11.3 Å². The van der Waals surface area contributed by atoms with Crippen LogP contribution in [0.3, 0.4) is 0 Å². The van der Waals surface area contributed by atoms with E-state index in [4.69, 9.17) is 12.2 Å². The molecule has 78 valence electrons. The number of aromatic amines is 1. The Morgan fingerprint density at radius 3 is 2.79 bits per heavy atom. The van der Waals surface area contributed by atoms with Crippen LogP contribution >= 0.6 is 12.2 Å². The molecule has 2 rings (SSSR count). The number of nitrogens with one attached hydrogen (secondary N) is 1. The molecule has 1 heterocycles. The maximum atomic E-state index is 11.6. The van der Waals surface area contributed by atoms with E-state index >= 15 is 0 Å². The highest BCUT2D eigenvalue weighted by molar-refractivity contribution is 7.85. The van der Waals surface area contributed by atoms with Crippen LogP contribution in [-0.4, -0.2) is 35.4 Å². The third kappa shape index (κ3) is 1.54. The molecular weight excluding hydrogens is 220 g/mol. The number of nitrogens with zero attached hydrogens (tertiary/aromatic N) is 3. The quantitative estimate of drug-likeness (QED) is 0.777. The minimum absolute atomic E-state index is 0.105. The van der Waals surface area contributed by atoms with Gasteiger partial charge in [-0.25, -0.2) is 4.68 Å². The summed E-state index contributed by atoms with van der Waals surface area (Å²) in [4.78, 5) is 0. The van der Waals surface area contributed by atoms with E-state index in [0.29, 0.717) is 11.3 Å². The smallest absolute Gasteiger partial charge is 0.238 e. The standard InChI is InChI=1S/C7H12N4OS2/c1-14(12)7(3-2-4-7)5-11-6(13)8-9-10-11/h2-5H2,1H3,(H,8,10,13). The van der Waals surface area contributed by atoms with E-state index in [0.717, 1.165) is 19.3 Å². The summed E-state index contributed by atoms with van der Waals surface area (Å²) in [5.41, 5.74) is 0. The second-order valence-electron chi connectivity index (χ2n) is 3.66. The minimum Gasteiger partial charge on any atom is -0.259 e. The lowest BCUT2D eigenvalue weighted by Crippen LogP contribution is -2.45. The Hall–Kier alpha value is -0.560. The highest BCUT2D eigenvalue weighted by atomic mass is 32.2. The predicted molar refractivity (Wildman–Crippen MR) is 55.9 cm³/mol. The lowest BCUT2D eigenvalue weighted by atomic mass is 9.84. The zero-order valence-electron chi connectivity index (χ0n) is 7.89. The van der Waals surface area contributed by atoms with Crippen LogP contribution in [-0.2, 0) is 17.3 Å². The molecule has 0 aliphatic heterocycles. The van der Waals surface area contributed by atoms with Crippen molar-refractivity contribution in [1.82, 2.24) is 20.2 Å². The van der Waals surface area contributed by atoms with Crippen LogP contribution in [0.2, 0.25) is 0 Å². The second-order valence-corrected chi connectivity index (χ2v) is 5.80. The first kappa shape index (κ1) is 9.97. The minimum atomic E-state index is -0.818. The molecule has 1 N–H and O–H groups in total. The molecule has 1 saturated carbocycles. The molecule has 5 nitrogen and oxygen atoms in total. The normalized spacial score (nSPS) is 21.5. The summed E-state index contributed by atoms with van der Waals surface area (Å²) in [6.07, 6.45) is 4.90. The molecular formula is C7H12N4OS2. The van der Waals surface area contributed by atoms with E-state index < -0.39 is 10.8 Å². The second kappa shape index (κ2) is 3.54. The Labute approximate surface area is 89.3 Å². The van der Waals surface area contributed by atoms with Crippen LogP contribution in [0, 0.1) is 4.77 Å². The number of tetrazole rings is 1. The average molecular weight is 232 g/mol. The Morgan fingerprint density at radius 2 is 2.43 bits per heavy atom. The molecule has 1 atom stereocenters. The van der Waals surface area contributed by atoms with Crippen molar-refractivity contribution >= 4 is 23.0 Å². The molecule has 1 aromatic heterocycles. The predicted octanol–water partition coefficient (Wildman–Crippen LogP) is 0.637. The lowest BCUT2D eigenvalue weighted by Gasteiger charge is -2.39. The number of hydrogen-bond donors (Lipinski definition) is 1. The van der Waals surface area contributed by atoms with Gasteiger partial charge in [0.2, 0.25) is 4.77 Å². The third-order valence-electron chi connectivity index (χ3n) is 2.85. The number of aromatic nitrogens is 4.